The Morgan fingerprint density at radius 1 is 1.12 bits per heavy atom. The van der Waals surface area contributed by atoms with Crippen molar-refractivity contribution in [3.63, 3.8) is 0 Å². The molecule has 4 amide bonds. The Morgan fingerprint density at radius 3 is 2.60 bits per heavy atom. The van der Waals surface area contributed by atoms with E-state index in [4.69, 9.17) is 0 Å². The van der Waals surface area contributed by atoms with Crippen LogP contribution in [-0.2, 0) is 28.0 Å². The summed E-state index contributed by atoms with van der Waals surface area (Å²) in [5.74, 6) is -0.498. The normalized spacial score (nSPS) is 25.5. The summed E-state index contributed by atoms with van der Waals surface area (Å²) in [7, 11) is 0. The number of aryl methyl sites for hydroxylation is 2. The van der Waals surface area contributed by atoms with E-state index in [1.165, 1.54) is 11.1 Å². The number of carbonyl (C=O) groups is 3. The van der Waals surface area contributed by atoms with Crippen LogP contribution >= 0.6 is 0 Å². The van der Waals surface area contributed by atoms with Crippen LogP contribution in [0.4, 0.5) is 4.79 Å². The van der Waals surface area contributed by atoms with E-state index in [0.29, 0.717) is 13.1 Å². The number of hydrogen-bond donors (Lipinski definition) is 1. The number of amides is 4. The Hall–Kier alpha value is -2.37. The number of urea groups is 1. The predicted molar refractivity (Wildman–Crippen MR) is 91.9 cm³/mol. The highest BCUT2D eigenvalue weighted by molar-refractivity contribution is 6.09. The molecule has 1 aliphatic carbocycles. The maximum Gasteiger partial charge on any atom is 0.325 e. The van der Waals surface area contributed by atoms with E-state index in [1.807, 2.05) is 12.1 Å². The fourth-order valence-corrected chi connectivity index (χ4v) is 4.12. The minimum absolute atomic E-state index is 0.154. The topological polar surface area (TPSA) is 69.7 Å². The minimum Gasteiger partial charge on any atom is -0.341 e. The molecule has 4 rings (SSSR count). The second-order valence-electron chi connectivity index (χ2n) is 7.37. The van der Waals surface area contributed by atoms with Gasteiger partial charge in [0.2, 0.25) is 5.91 Å². The number of hydrogen-bond acceptors (Lipinski definition) is 3. The summed E-state index contributed by atoms with van der Waals surface area (Å²) in [4.78, 5) is 40.5. The largest absolute Gasteiger partial charge is 0.341 e. The molecule has 1 N–H and O–H groups in total. The van der Waals surface area contributed by atoms with E-state index in [9.17, 15) is 14.4 Å². The third kappa shape index (κ3) is 2.60. The molecule has 2 fully saturated rings. The van der Waals surface area contributed by atoms with Crippen LogP contribution in [0.3, 0.4) is 0 Å². The van der Waals surface area contributed by atoms with Gasteiger partial charge in [0.05, 0.1) is 0 Å². The van der Waals surface area contributed by atoms with Crippen LogP contribution in [0.2, 0.25) is 0 Å². The molecule has 2 aliphatic heterocycles. The summed E-state index contributed by atoms with van der Waals surface area (Å²) in [6, 6.07) is 5.53. The number of likely N-dealkylation sites (tertiary alicyclic amines) is 1. The molecule has 1 aromatic carbocycles. The fraction of sp³-hybridized carbons (Fsp3) is 0.526. The second-order valence-corrected chi connectivity index (χ2v) is 7.37. The molecule has 0 saturated carbocycles. The van der Waals surface area contributed by atoms with Crippen molar-refractivity contribution in [1.82, 2.24) is 15.1 Å². The van der Waals surface area contributed by atoms with Crippen molar-refractivity contribution in [1.29, 1.82) is 0 Å². The van der Waals surface area contributed by atoms with E-state index in [0.717, 1.165) is 42.6 Å². The first-order chi connectivity index (χ1) is 12.0. The number of fused-ring (bicyclic) bond motifs is 1. The van der Waals surface area contributed by atoms with Crippen LogP contribution in [0.5, 0.6) is 0 Å². The fourth-order valence-electron chi connectivity index (χ4n) is 4.12. The third-order valence-corrected chi connectivity index (χ3v) is 5.70. The van der Waals surface area contributed by atoms with Crippen LogP contribution in [0.1, 0.15) is 42.9 Å². The van der Waals surface area contributed by atoms with Crippen molar-refractivity contribution in [3.8, 4) is 0 Å². The molecule has 25 heavy (non-hydrogen) atoms. The molecule has 3 aliphatic rings. The highest BCUT2D eigenvalue weighted by Gasteiger charge is 2.50. The Bertz CT molecular complexity index is 754. The highest BCUT2D eigenvalue weighted by atomic mass is 16.2. The van der Waals surface area contributed by atoms with E-state index in [2.05, 4.69) is 11.4 Å². The molecular weight excluding hydrogens is 318 g/mol. The van der Waals surface area contributed by atoms with Gasteiger partial charge in [0.25, 0.3) is 5.91 Å². The quantitative estimate of drug-likeness (QED) is 0.849. The zero-order valence-electron chi connectivity index (χ0n) is 14.5. The van der Waals surface area contributed by atoms with E-state index in [1.54, 1.807) is 11.8 Å². The molecule has 6 nitrogen and oxygen atoms in total. The summed E-state index contributed by atoms with van der Waals surface area (Å²) >= 11 is 0. The van der Waals surface area contributed by atoms with Gasteiger partial charge in [0.15, 0.2) is 0 Å². The molecule has 1 aromatic rings. The highest BCUT2D eigenvalue weighted by Crippen LogP contribution is 2.32. The lowest BCUT2D eigenvalue weighted by molar-refractivity contribution is -0.138. The number of rotatable bonds is 3. The van der Waals surface area contributed by atoms with Crippen molar-refractivity contribution in [2.45, 2.75) is 44.6 Å². The molecule has 132 valence electrons. The summed E-state index contributed by atoms with van der Waals surface area (Å²) in [6.45, 7) is 2.98. The van der Waals surface area contributed by atoms with Crippen molar-refractivity contribution in [2.75, 3.05) is 19.6 Å². The SMILES string of the molecule is CC1(c2ccc3c(c2)CCC3)NC(=O)N(CC(=O)N2CCCC2)C1=O. The van der Waals surface area contributed by atoms with Gasteiger partial charge in [-0.15, -0.1) is 0 Å². The summed E-state index contributed by atoms with van der Waals surface area (Å²) in [6.07, 6.45) is 5.19. The van der Waals surface area contributed by atoms with Gasteiger partial charge >= 0.3 is 6.03 Å². The first kappa shape index (κ1) is 16.1. The lowest BCUT2D eigenvalue weighted by Gasteiger charge is -2.23. The number of nitrogens with zero attached hydrogens (tertiary/aromatic N) is 2. The summed E-state index contributed by atoms with van der Waals surface area (Å²) in [5, 5.41) is 2.80. The van der Waals surface area contributed by atoms with Gasteiger partial charge in [0.1, 0.15) is 12.1 Å². The van der Waals surface area contributed by atoms with Crippen LogP contribution in [0.25, 0.3) is 0 Å². The molecule has 0 aromatic heterocycles. The molecule has 1 atom stereocenters. The second kappa shape index (κ2) is 5.86. The van der Waals surface area contributed by atoms with Gasteiger partial charge < -0.3 is 10.2 Å². The first-order valence-corrected chi connectivity index (χ1v) is 9.03. The molecule has 0 bridgehead atoms. The van der Waals surface area contributed by atoms with E-state index in [-0.39, 0.29) is 18.4 Å². The number of carbonyl (C=O) groups excluding carboxylic acids is 3. The van der Waals surface area contributed by atoms with Gasteiger partial charge in [-0.3, -0.25) is 14.5 Å². The molecule has 2 heterocycles. The standard InChI is InChI=1S/C19H23N3O3/c1-19(15-8-7-13-5-4-6-14(13)11-15)17(24)22(18(25)20-19)12-16(23)21-9-2-3-10-21/h7-8,11H,2-6,9-10,12H2,1H3,(H,20,25). The average molecular weight is 341 g/mol. The zero-order valence-corrected chi connectivity index (χ0v) is 14.5. The van der Waals surface area contributed by atoms with Gasteiger partial charge in [-0.25, -0.2) is 4.79 Å². The molecule has 2 saturated heterocycles. The van der Waals surface area contributed by atoms with Crippen molar-refractivity contribution in [3.05, 3.63) is 34.9 Å². The van der Waals surface area contributed by atoms with Gasteiger partial charge in [0, 0.05) is 13.1 Å². The predicted octanol–water partition coefficient (Wildman–Crippen LogP) is 1.56. The van der Waals surface area contributed by atoms with Crippen LogP contribution in [-0.4, -0.2) is 47.3 Å². The maximum absolute atomic E-state index is 13.0. The van der Waals surface area contributed by atoms with Crippen molar-refractivity contribution in [2.24, 2.45) is 0 Å². The van der Waals surface area contributed by atoms with Gasteiger partial charge in [-0.2, -0.15) is 0 Å². The smallest absolute Gasteiger partial charge is 0.325 e. The Morgan fingerprint density at radius 2 is 1.84 bits per heavy atom. The third-order valence-electron chi connectivity index (χ3n) is 5.70. The molecule has 0 spiro atoms. The molecular formula is C19H23N3O3. The average Bonchev–Trinajstić information content (AvgIpc) is 3.31. The number of imide groups is 1. The van der Waals surface area contributed by atoms with Crippen LogP contribution in [0, 0.1) is 0 Å². The Balaban J connectivity index is 1.56. The lowest BCUT2D eigenvalue weighted by Crippen LogP contribution is -2.44. The maximum atomic E-state index is 13.0. The summed E-state index contributed by atoms with van der Waals surface area (Å²) in [5.41, 5.74) is 2.28. The first-order valence-electron chi connectivity index (χ1n) is 9.03. The van der Waals surface area contributed by atoms with E-state index < -0.39 is 11.6 Å². The summed E-state index contributed by atoms with van der Waals surface area (Å²) < 4.78 is 0. The molecule has 6 heteroatoms. The molecule has 1 unspecified atom stereocenters. The van der Waals surface area contributed by atoms with Gasteiger partial charge in [-0.1, -0.05) is 18.2 Å². The minimum atomic E-state index is -1.10. The van der Waals surface area contributed by atoms with Crippen LogP contribution < -0.4 is 5.32 Å². The Kier molecular flexibility index (Phi) is 3.78. The Labute approximate surface area is 147 Å². The van der Waals surface area contributed by atoms with Crippen molar-refractivity contribution < 1.29 is 14.4 Å². The number of benzene rings is 1. The molecule has 0 radical (unpaired) electrons. The zero-order chi connectivity index (χ0) is 17.6. The van der Waals surface area contributed by atoms with Crippen molar-refractivity contribution >= 4 is 17.8 Å². The lowest BCUT2D eigenvalue weighted by atomic mass is 9.89. The number of nitrogens with one attached hydrogen (secondary N) is 1. The van der Waals surface area contributed by atoms with E-state index >= 15 is 0 Å². The van der Waals surface area contributed by atoms with Crippen LogP contribution in [0.15, 0.2) is 18.2 Å². The van der Waals surface area contributed by atoms with Gasteiger partial charge in [-0.05, 0) is 55.7 Å². The monoisotopic (exact) mass is 341 g/mol.